The molecule has 5 heteroatoms. The summed E-state index contributed by atoms with van der Waals surface area (Å²) in [5, 5.41) is 2.07. The number of carbonyl (C=O) groups excluding carboxylic acids is 2. The molecule has 0 aliphatic carbocycles. The number of thiophene rings is 1. The monoisotopic (exact) mass is 352 g/mol. The third-order valence-electron chi connectivity index (χ3n) is 4.34. The van der Waals surface area contributed by atoms with Crippen molar-refractivity contribution in [3.8, 4) is 0 Å². The molecule has 2 heterocycles. The molecule has 1 aliphatic rings. The normalized spacial score (nSPS) is 14.0. The summed E-state index contributed by atoms with van der Waals surface area (Å²) in [6.07, 6.45) is 4.28. The molecule has 1 aromatic carbocycles. The predicted molar refractivity (Wildman–Crippen MR) is 103 cm³/mol. The van der Waals surface area contributed by atoms with E-state index in [1.807, 2.05) is 11.0 Å². The lowest BCUT2D eigenvalue weighted by Gasteiger charge is -2.26. The minimum absolute atomic E-state index is 0.0192. The zero-order chi connectivity index (χ0) is 17.8. The van der Waals surface area contributed by atoms with Crippen LogP contribution in [0, 0.1) is 0 Å². The molecule has 25 heavy (non-hydrogen) atoms. The van der Waals surface area contributed by atoms with E-state index in [1.54, 1.807) is 42.6 Å². The number of carbonyl (C=O) groups is 2. The molecule has 0 saturated carbocycles. The van der Waals surface area contributed by atoms with Crippen molar-refractivity contribution in [1.29, 1.82) is 0 Å². The number of benzene rings is 1. The predicted octanol–water partition coefficient (Wildman–Crippen LogP) is 3.83. The van der Waals surface area contributed by atoms with Crippen molar-refractivity contribution in [1.82, 2.24) is 4.90 Å². The largest absolute Gasteiger partial charge is 0.335 e. The van der Waals surface area contributed by atoms with Crippen molar-refractivity contribution in [3.05, 3.63) is 70.9 Å². The fraction of sp³-hybridized carbons (Fsp3) is 0.200. The molecule has 0 radical (unpaired) electrons. The van der Waals surface area contributed by atoms with Gasteiger partial charge in [-0.1, -0.05) is 18.7 Å². The number of likely N-dealkylation sites (N-methyl/N-ethyl adjacent to an activating group) is 1. The Labute approximate surface area is 151 Å². The van der Waals surface area contributed by atoms with Gasteiger partial charge in [0.2, 0.25) is 5.91 Å². The van der Waals surface area contributed by atoms with Gasteiger partial charge >= 0.3 is 0 Å². The number of hydrogen-bond acceptors (Lipinski definition) is 3. The second-order valence-corrected chi connectivity index (χ2v) is 6.80. The lowest BCUT2D eigenvalue weighted by Crippen LogP contribution is -2.34. The Bertz CT molecular complexity index is 807. The molecule has 2 amide bonds. The van der Waals surface area contributed by atoms with Gasteiger partial charge in [0, 0.05) is 36.3 Å². The highest BCUT2D eigenvalue weighted by Crippen LogP contribution is 2.26. The van der Waals surface area contributed by atoms with Gasteiger partial charge in [0.1, 0.15) is 0 Å². The van der Waals surface area contributed by atoms with Crippen LogP contribution in [-0.4, -0.2) is 36.9 Å². The first-order chi connectivity index (χ1) is 12.1. The lowest BCUT2D eigenvalue weighted by atomic mass is 10.1. The molecule has 4 nitrogen and oxygen atoms in total. The van der Waals surface area contributed by atoms with Crippen LogP contribution in [0.4, 0.5) is 5.69 Å². The molecular formula is C20H20N2O2S. The summed E-state index contributed by atoms with van der Waals surface area (Å²) in [5.41, 5.74) is 2.69. The summed E-state index contributed by atoms with van der Waals surface area (Å²) in [7, 11) is 1.68. The molecule has 3 rings (SSSR count). The standard InChI is InChI=1S/C20H20N2O2S/c1-3-19(23)21(2)17-8-6-16(7-9-17)20(24)22-12-10-15(11-13-22)18-5-4-14-25-18/h3-10,14H,1,11-13H2,2H3. The first-order valence-corrected chi connectivity index (χ1v) is 9.00. The highest BCUT2D eigenvalue weighted by atomic mass is 32.1. The summed E-state index contributed by atoms with van der Waals surface area (Å²) in [6, 6.07) is 11.3. The minimum atomic E-state index is -0.179. The van der Waals surface area contributed by atoms with Crippen molar-refractivity contribution >= 4 is 34.4 Å². The maximum atomic E-state index is 12.7. The topological polar surface area (TPSA) is 40.6 Å². The van der Waals surface area contributed by atoms with E-state index in [2.05, 4.69) is 24.1 Å². The summed E-state index contributed by atoms with van der Waals surface area (Å²) < 4.78 is 0. The molecule has 128 valence electrons. The van der Waals surface area contributed by atoms with Crippen LogP contribution >= 0.6 is 11.3 Å². The Kier molecular flexibility index (Phi) is 5.14. The molecule has 0 spiro atoms. The van der Waals surface area contributed by atoms with Crippen LogP contribution in [0.3, 0.4) is 0 Å². The van der Waals surface area contributed by atoms with Gasteiger partial charge in [0.25, 0.3) is 5.91 Å². The van der Waals surface area contributed by atoms with Crippen molar-refractivity contribution in [2.24, 2.45) is 0 Å². The summed E-state index contributed by atoms with van der Waals surface area (Å²) in [4.78, 5) is 28.9. The Morgan fingerprint density at radius 1 is 1.24 bits per heavy atom. The zero-order valence-corrected chi connectivity index (χ0v) is 15.0. The Morgan fingerprint density at radius 3 is 2.56 bits per heavy atom. The second kappa shape index (κ2) is 7.49. The van der Waals surface area contributed by atoms with Crippen molar-refractivity contribution in [2.45, 2.75) is 6.42 Å². The van der Waals surface area contributed by atoms with Gasteiger partial charge in [0.15, 0.2) is 0 Å². The first-order valence-electron chi connectivity index (χ1n) is 8.12. The maximum Gasteiger partial charge on any atom is 0.254 e. The number of hydrogen-bond donors (Lipinski definition) is 0. The van der Waals surface area contributed by atoms with E-state index >= 15 is 0 Å². The first kappa shape index (κ1) is 17.2. The summed E-state index contributed by atoms with van der Waals surface area (Å²) in [5.74, 6) is -0.160. The van der Waals surface area contributed by atoms with E-state index < -0.39 is 0 Å². The number of nitrogens with zero attached hydrogens (tertiary/aromatic N) is 2. The minimum Gasteiger partial charge on any atom is -0.335 e. The fourth-order valence-electron chi connectivity index (χ4n) is 2.81. The Hall–Kier alpha value is -2.66. The smallest absolute Gasteiger partial charge is 0.254 e. The van der Waals surface area contributed by atoms with Gasteiger partial charge < -0.3 is 9.80 Å². The summed E-state index contributed by atoms with van der Waals surface area (Å²) in [6.45, 7) is 4.83. The molecule has 0 N–H and O–H groups in total. The number of amides is 2. The molecule has 0 saturated heterocycles. The number of anilines is 1. The molecule has 0 atom stereocenters. The van der Waals surface area contributed by atoms with Crippen molar-refractivity contribution < 1.29 is 9.59 Å². The number of rotatable bonds is 4. The van der Waals surface area contributed by atoms with E-state index in [-0.39, 0.29) is 11.8 Å². The van der Waals surface area contributed by atoms with Crippen LogP contribution in [0.1, 0.15) is 21.7 Å². The molecule has 0 unspecified atom stereocenters. The van der Waals surface area contributed by atoms with E-state index in [4.69, 9.17) is 0 Å². The quantitative estimate of drug-likeness (QED) is 0.785. The van der Waals surface area contributed by atoms with Gasteiger partial charge in [-0.25, -0.2) is 0 Å². The van der Waals surface area contributed by atoms with Crippen LogP contribution in [0.15, 0.2) is 60.5 Å². The molecule has 1 aromatic heterocycles. The molecular weight excluding hydrogens is 332 g/mol. The van der Waals surface area contributed by atoms with Crippen LogP contribution in [0.25, 0.3) is 5.57 Å². The van der Waals surface area contributed by atoms with E-state index in [9.17, 15) is 9.59 Å². The van der Waals surface area contributed by atoms with E-state index in [0.717, 1.165) is 18.7 Å². The van der Waals surface area contributed by atoms with E-state index in [1.165, 1.54) is 21.4 Å². The van der Waals surface area contributed by atoms with Gasteiger partial charge in [-0.15, -0.1) is 11.3 Å². The second-order valence-electron chi connectivity index (χ2n) is 5.86. The van der Waals surface area contributed by atoms with Crippen LogP contribution in [0.5, 0.6) is 0 Å². The Morgan fingerprint density at radius 2 is 2.00 bits per heavy atom. The average molecular weight is 352 g/mol. The van der Waals surface area contributed by atoms with Crippen LogP contribution in [0.2, 0.25) is 0 Å². The zero-order valence-electron chi connectivity index (χ0n) is 14.1. The third kappa shape index (κ3) is 3.72. The SMILES string of the molecule is C=CC(=O)N(C)c1ccc(C(=O)N2CC=C(c3cccs3)CC2)cc1. The maximum absolute atomic E-state index is 12.7. The molecule has 0 fully saturated rings. The highest BCUT2D eigenvalue weighted by Gasteiger charge is 2.20. The molecule has 0 bridgehead atoms. The third-order valence-corrected chi connectivity index (χ3v) is 5.29. The fourth-order valence-corrected chi connectivity index (χ4v) is 3.61. The molecule has 2 aromatic rings. The summed E-state index contributed by atoms with van der Waals surface area (Å²) >= 11 is 1.73. The van der Waals surface area contributed by atoms with Gasteiger partial charge in [0.05, 0.1) is 0 Å². The van der Waals surface area contributed by atoms with Crippen LogP contribution < -0.4 is 4.90 Å². The van der Waals surface area contributed by atoms with Crippen molar-refractivity contribution in [2.75, 3.05) is 25.0 Å². The molecule has 1 aliphatic heterocycles. The van der Waals surface area contributed by atoms with Crippen LogP contribution in [-0.2, 0) is 4.79 Å². The lowest BCUT2D eigenvalue weighted by molar-refractivity contribution is -0.113. The highest BCUT2D eigenvalue weighted by molar-refractivity contribution is 7.11. The average Bonchev–Trinajstić information content (AvgIpc) is 3.21. The van der Waals surface area contributed by atoms with Crippen molar-refractivity contribution in [3.63, 3.8) is 0 Å². The Balaban J connectivity index is 1.68. The van der Waals surface area contributed by atoms with E-state index in [0.29, 0.717) is 12.1 Å². The van der Waals surface area contributed by atoms with Gasteiger partial charge in [-0.2, -0.15) is 0 Å². The van der Waals surface area contributed by atoms with Gasteiger partial charge in [-0.05, 0) is 53.8 Å². The van der Waals surface area contributed by atoms with Gasteiger partial charge in [-0.3, -0.25) is 9.59 Å².